The molecule has 1 aromatic heterocycles. The third kappa shape index (κ3) is 4.35. The molecule has 2 rings (SSSR count). The predicted octanol–water partition coefficient (Wildman–Crippen LogP) is 2.90. The molecule has 0 unspecified atom stereocenters. The first kappa shape index (κ1) is 17.1. The Hall–Kier alpha value is -2.28. The van der Waals surface area contributed by atoms with Crippen molar-refractivity contribution in [3.8, 4) is 5.75 Å². The minimum absolute atomic E-state index is 0.118. The first-order valence-corrected chi connectivity index (χ1v) is 8.04. The van der Waals surface area contributed by atoms with Gasteiger partial charge in [-0.1, -0.05) is 23.9 Å². The number of anilines is 1. The summed E-state index contributed by atoms with van der Waals surface area (Å²) in [5.74, 6) is 0.517. The quantitative estimate of drug-likeness (QED) is 0.624. The summed E-state index contributed by atoms with van der Waals surface area (Å²) in [4.78, 5) is 12.4. The molecule has 0 spiro atoms. The average molecular weight is 332 g/mol. The third-order valence-corrected chi connectivity index (χ3v) is 4.26. The monoisotopic (exact) mass is 332 g/mol. The second-order valence-corrected chi connectivity index (χ2v) is 6.32. The van der Waals surface area contributed by atoms with Crippen molar-refractivity contribution in [2.45, 2.75) is 30.8 Å². The van der Waals surface area contributed by atoms with Gasteiger partial charge in [-0.05, 0) is 31.5 Å². The van der Waals surface area contributed by atoms with Crippen LogP contribution in [-0.2, 0) is 11.3 Å². The fraction of sp³-hybridized carbons (Fsp3) is 0.312. The summed E-state index contributed by atoms with van der Waals surface area (Å²) >= 11 is 1.35. The maximum atomic E-state index is 12.4. The average Bonchev–Trinajstić information content (AvgIpc) is 2.95. The van der Waals surface area contributed by atoms with Crippen molar-refractivity contribution in [1.82, 2.24) is 14.8 Å². The van der Waals surface area contributed by atoms with E-state index in [9.17, 15) is 4.79 Å². The Balaban J connectivity index is 2.07. The fourth-order valence-corrected chi connectivity index (χ4v) is 2.80. The van der Waals surface area contributed by atoms with Crippen LogP contribution in [0.4, 0.5) is 5.69 Å². The number of hydrogen-bond donors (Lipinski definition) is 1. The first-order chi connectivity index (χ1) is 11.0. The second-order valence-electron chi connectivity index (χ2n) is 5.01. The summed E-state index contributed by atoms with van der Waals surface area (Å²) in [6, 6.07) is 5.65. The Morgan fingerprint density at radius 2 is 2.35 bits per heavy atom. The molecule has 0 saturated heterocycles. The molecule has 0 aliphatic rings. The number of aryl methyl sites for hydroxylation is 1. The summed E-state index contributed by atoms with van der Waals surface area (Å²) in [6.07, 6.45) is 3.38. The molecule has 1 heterocycles. The minimum atomic E-state index is -0.326. The van der Waals surface area contributed by atoms with Crippen molar-refractivity contribution < 1.29 is 9.53 Å². The molecule has 1 amide bonds. The first-order valence-electron chi connectivity index (χ1n) is 7.16. The van der Waals surface area contributed by atoms with Crippen LogP contribution in [0, 0.1) is 6.92 Å². The number of nitrogens with zero attached hydrogens (tertiary/aromatic N) is 3. The Bertz CT molecular complexity index is 699. The number of hydrogen-bond acceptors (Lipinski definition) is 5. The zero-order valence-corrected chi connectivity index (χ0v) is 14.3. The molecular weight excluding hydrogens is 312 g/mol. The highest BCUT2D eigenvalue weighted by molar-refractivity contribution is 8.00. The molecule has 0 fully saturated rings. The number of thioether (sulfide) groups is 1. The fourth-order valence-electron chi connectivity index (χ4n) is 1.97. The number of benzene rings is 1. The highest BCUT2D eigenvalue weighted by atomic mass is 32.2. The molecule has 0 aliphatic carbocycles. The molecule has 6 nitrogen and oxygen atoms in total. The van der Waals surface area contributed by atoms with Crippen LogP contribution in [0.2, 0.25) is 0 Å². The van der Waals surface area contributed by atoms with Gasteiger partial charge >= 0.3 is 0 Å². The van der Waals surface area contributed by atoms with Gasteiger partial charge in [0.15, 0.2) is 5.16 Å². The molecule has 1 aromatic carbocycles. The van der Waals surface area contributed by atoms with Gasteiger partial charge in [-0.25, -0.2) is 0 Å². The van der Waals surface area contributed by atoms with Crippen LogP contribution in [0.15, 0.2) is 42.3 Å². The maximum Gasteiger partial charge on any atom is 0.237 e. The standard InChI is InChI=1S/C16H20N4O2S/c1-5-8-20-10-17-19-16(20)23-12(3)15(21)18-13-9-11(2)6-7-14(13)22-4/h5-7,9-10,12H,1,8H2,2-4H3,(H,18,21)/t12-/m1/s1. The third-order valence-electron chi connectivity index (χ3n) is 3.17. The van der Waals surface area contributed by atoms with E-state index < -0.39 is 0 Å². The van der Waals surface area contributed by atoms with Crippen molar-refractivity contribution >= 4 is 23.4 Å². The number of aromatic nitrogens is 3. The van der Waals surface area contributed by atoms with Crippen molar-refractivity contribution in [2.24, 2.45) is 0 Å². The molecule has 2 aromatic rings. The summed E-state index contributed by atoms with van der Waals surface area (Å²) in [5, 5.41) is 11.2. The topological polar surface area (TPSA) is 69.0 Å². The number of carbonyl (C=O) groups excluding carboxylic acids is 1. The van der Waals surface area contributed by atoms with Gasteiger partial charge in [0.2, 0.25) is 5.91 Å². The van der Waals surface area contributed by atoms with Crippen LogP contribution in [0.3, 0.4) is 0 Å². The molecule has 0 saturated carbocycles. The van der Waals surface area contributed by atoms with Gasteiger partial charge in [-0.2, -0.15) is 0 Å². The lowest BCUT2D eigenvalue weighted by molar-refractivity contribution is -0.115. The lowest BCUT2D eigenvalue weighted by Gasteiger charge is -2.14. The number of ether oxygens (including phenoxy) is 1. The number of amides is 1. The molecule has 122 valence electrons. The number of methoxy groups -OCH3 is 1. The Morgan fingerprint density at radius 1 is 1.57 bits per heavy atom. The SMILES string of the molecule is C=CCn1cnnc1S[C@H](C)C(=O)Nc1cc(C)ccc1OC. The summed E-state index contributed by atoms with van der Waals surface area (Å²) in [6.45, 7) is 8.09. The van der Waals surface area contributed by atoms with Crippen molar-refractivity contribution in [3.63, 3.8) is 0 Å². The van der Waals surface area contributed by atoms with E-state index >= 15 is 0 Å². The van der Waals surface area contributed by atoms with Gasteiger partial charge in [0, 0.05) is 6.54 Å². The Morgan fingerprint density at radius 3 is 3.04 bits per heavy atom. The van der Waals surface area contributed by atoms with E-state index in [1.807, 2.05) is 36.6 Å². The Labute approximate surface area is 139 Å². The highest BCUT2D eigenvalue weighted by Gasteiger charge is 2.19. The van der Waals surface area contributed by atoms with Crippen LogP contribution >= 0.6 is 11.8 Å². The number of rotatable bonds is 7. The van der Waals surface area contributed by atoms with Crippen LogP contribution < -0.4 is 10.1 Å². The van der Waals surface area contributed by atoms with E-state index in [1.165, 1.54) is 11.8 Å². The second kappa shape index (κ2) is 7.82. The van der Waals surface area contributed by atoms with E-state index in [2.05, 4.69) is 22.1 Å². The zero-order chi connectivity index (χ0) is 16.8. The van der Waals surface area contributed by atoms with E-state index in [1.54, 1.807) is 19.5 Å². The summed E-state index contributed by atoms with van der Waals surface area (Å²) < 4.78 is 7.12. The van der Waals surface area contributed by atoms with Crippen molar-refractivity contribution in [2.75, 3.05) is 12.4 Å². The van der Waals surface area contributed by atoms with Gasteiger partial charge in [0.1, 0.15) is 12.1 Å². The van der Waals surface area contributed by atoms with Crippen LogP contribution in [-0.4, -0.2) is 33.0 Å². The lowest BCUT2D eigenvalue weighted by atomic mass is 10.2. The lowest BCUT2D eigenvalue weighted by Crippen LogP contribution is -2.23. The van der Waals surface area contributed by atoms with Gasteiger partial charge in [-0.3, -0.25) is 4.79 Å². The van der Waals surface area contributed by atoms with Crippen molar-refractivity contribution in [3.05, 3.63) is 42.7 Å². The largest absolute Gasteiger partial charge is 0.495 e. The van der Waals surface area contributed by atoms with Crippen molar-refractivity contribution in [1.29, 1.82) is 0 Å². The van der Waals surface area contributed by atoms with Gasteiger partial charge in [0.05, 0.1) is 18.0 Å². The van der Waals surface area contributed by atoms with E-state index in [0.717, 1.165) is 5.56 Å². The summed E-state index contributed by atoms with van der Waals surface area (Å²) in [7, 11) is 1.58. The molecule has 0 radical (unpaired) electrons. The Kier molecular flexibility index (Phi) is 5.81. The number of allylic oxidation sites excluding steroid dienone is 1. The molecular formula is C16H20N4O2S. The summed E-state index contributed by atoms with van der Waals surface area (Å²) in [5.41, 5.74) is 1.71. The van der Waals surface area contributed by atoms with Gasteiger partial charge < -0.3 is 14.6 Å². The number of carbonyl (C=O) groups is 1. The van der Waals surface area contributed by atoms with Crippen LogP contribution in [0.1, 0.15) is 12.5 Å². The molecule has 1 N–H and O–H groups in total. The molecule has 0 aliphatic heterocycles. The smallest absolute Gasteiger partial charge is 0.237 e. The molecule has 23 heavy (non-hydrogen) atoms. The predicted molar refractivity (Wildman–Crippen MR) is 91.9 cm³/mol. The number of nitrogens with one attached hydrogen (secondary N) is 1. The van der Waals surface area contributed by atoms with Crippen LogP contribution in [0.5, 0.6) is 5.75 Å². The minimum Gasteiger partial charge on any atom is -0.495 e. The molecule has 7 heteroatoms. The van der Waals surface area contributed by atoms with E-state index in [-0.39, 0.29) is 11.2 Å². The zero-order valence-electron chi connectivity index (χ0n) is 13.4. The molecule has 0 bridgehead atoms. The van der Waals surface area contributed by atoms with Gasteiger partial charge in [-0.15, -0.1) is 16.8 Å². The van der Waals surface area contributed by atoms with Crippen LogP contribution in [0.25, 0.3) is 0 Å². The normalized spacial score (nSPS) is 11.8. The van der Waals surface area contributed by atoms with Gasteiger partial charge in [0.25, 0.3) is 0 Å². The van der Waals surface area contributed by atoms with E-state index in [4.69, 9.17) is 4.74 Å². The van der Waals surface area contributed by atoms with E-state index in [0.29, 0.717) is 23.1 Å². The maximum absolute atomic E-state index is 12.4. The highest BCUT2D eigenvalue weighted by Crippen LogP contribution is 2.27. The molecule has 1 atom stereocenters.